The molecule has 0 aliphatic carbocycles. The highest BCUT2D eigenvalue weighted by atomic mass is 16.5. The summed E-state index contributed by atoms with van der Waals surface area (Å²) in [6.07, 6.45) is 6.11. The monoisotopic (exact) mass is 287 g/mol. The first-order valence-corrected chi connectivity index (χ1v) is 7.35. The van der Waals surface area contributed by atoms with Crippen LogP contribution in [0.3, 0.4) is 0 Å². The number of pyridine rings is 1. The third kappa shape index (κ3) is 4.85. The van der Waals surface area contributed by atoms with E-state index in [4.69, 9.17) is 10.5 Å². The minimum Gasteiger partial charge on any atom is -0.378 e. The SMILES string of the molecule is NCC#Cc1cccnc1C(=O)NCCC1CCCCO1. The molecule has 1 aromatic rings. The van der Waals surface area contributed by atoms with Crippen LogP contribution in [-0.2, 0) is 4.74 Å². The molecule has 2 heterocycles. The quantitative estimate of drug-likeness (QED) is 0.812. The molecule has 1 aliphatic heterocycles. The summed E-state index contributed by atoms with van der Waals surface area (Å²) in [5, 5.41) is 2.88. The Morgan fingerprint density at radius 3 is 3.19 bits per heavy atom. The molecular formula is C16H21N3O2. The fraction of sp³-hybridized carbons (Fsp3) is 0.500. The van der Waals surface area contributed by atoms with E-state index >= 15 is 0 Å². The van der Waals surface area contributed by atoms with Crippen LogP contribution < -0.4 is 11.1 Å². The summed E-state index contributed by atoms with van der Waals surface area (Å²) in [6, 6.07) is 3.53. The molecule has 0 saturated carbocycles. The molecule has 112 valence electrons. The first kappa shape index (κ1) is 15.5. The number of carbonyl (C=O) groups is 1. The van der Waals surface area contributed by atoms with Gasteiger partial charge in [-0.25, -0.2) is 4.98 Å². The summed E-state index contributed by atoms with van der Waals surface area (Å²) in [4.78, 5) is 16.3. The molecule has 1 saturated heterocycles. The van der Waals surface area contributed by atoms with Gasteiger partial charge in [-0.2, -0.15) is 0 Å². The fourth-order valence-electron chi connectivity index (χ4n) is 2.30. The summed E-state index contributed by atoms with van der Waals surface area (Å²) in [7, 11) is 0. The minimum absolute atomic E-state index is 0.201. The largest absolute Gasteiger partial charge is 0.378 e. The zero-order valence-corrected chi connectivity index (χ0v) is 12.1. The fourth-order valence-corrected chi connectivity index (χ4v) is 2.30. The maximum atomic E-state index is 12.2. The van der Waals surface area contributed by atoms with E-state index in [0.29, 0.717) is 17.8 Å². The Morgan fingerprint density at radius 2 is 2.43 bits per heavy atom. The molecule has 1 amide bonds. The smallest absolute Gasteiger partial charge is 0.271 e. The predicted molar refractivity (Wildman–Crippen MR) is 80.7 cm³/mol. The third-order valence-electron chi connectivity index (χ3n) is 3.37. The van der Waals surface area contributed by atoms with Gasteiger partial charge in [-0.3, -0.25) is 4.79 Å². The van der Waals surface area contributed by atoms with Crippen molar-refractivity contribution in [2.75, 3.05) is 19.7 Å². The van der Waals surface area contributed by atoms with Gasteiger partial charge in [0, 0.05) is 19.3 Å². The number of amides is 1. The number of carbonyl (C=O) groups excluding carboxylic acids is 1. The van der Waals surface area contributed by atoms with Gasteiger partial charge in [0.25, 0.3) is 5.91 Å². The second-order valence-corrected chi connectivity index (χ2v) is 4.94. The van der Waals surface area contributed by atoms with E-state index < -0.39 is 0 Å². The topological polar surface area (TPSA) is 77.2 Å². The Labute approximate surface area is 125 Å². The Balaban J connectivity index is 1.88. The van der Waals surface area contributed by atoms with Gasteiger partial charge in [0.1, 0.15) is 5.69 Å². The maximum Gasteiger partial charge on any atom is 0.271 e. The average Bonchev–Trinajstić information content (AvgIpc) is 2.54. The Morgan fingerprint density at radius 1 is 1.52 bits per heavy atom. The van der Waals surface area contributed by atoms with Gasteiger partial charge in [-0.15, -0.1) is 0 Å². The zero-order valence-electron chi connectivity index (χ0n) is 12.1. The van der Waals surface area contributed by atoms with Crippen molar-refractivity contribution in [1.29, 1.82) is 0 Å². The van der Waals surface area contributed by atoms with Gasteiger partial charge in [0.15, 0.2) is 0 Å². The lowest BCUT2D eigenvalue weighted by atomic mass is 10.1. The van der Waals surface area contributed by atoms with Crippen LogP contribution in [0.1, 0.15) is 41.7 Å². The van der Waals surface area contributed by atoms with E-state index in [2.05, 4.69) is 22.1 Å². The molecule has 2 rings (SSSR count). The Bertz CT molecular complexity index is 528. The molecule has 1 aromatic heterocycles. The molecule has 1 fully saturated rings. The van der Waals surface area contributed by atoms with E-state index in [1.165, 1.54) is 6.42 Å². The van der Waals surface area contributed by atoms with Gasteiger partial charge in [-0.05, 0) is 37.8 Å². The second kappa shape index (κ2) is 8.40. The zero-order chi connectivity index (χ0) is 14.9. The van der Waals surface area contributed by atoms with Crippen LogP contribution >= 0.6 is 0 Å². The van der Waals surface area contributed by atoms with Gasteiger partial charge in [0.05, 0.1) is 18.2 Å². The lowest BCUT2D eigenvalue weighted by Crippen LogP contribution is -2.30. The van der Waals surface area contributed by atoms with E-state index in [1.54, 1.807) is 18.3 Å². The molecule has 5 heteroatoms. The van der Waals surface area contributed by atoms with E-state index in [9.17, 15) is 4.79 Å². The van der Waals surface area contributed by atoms with Crippen LogP contribution in [0.2, 0.25) is 0 Å². The van der Waals surface area contributed by atoms with Crippen molar-refractivity contribution in [3.63, 3.8) is 0 Å². The molecule has 1 atom stereocenters. The minimum atomic E-state index is -0.201. The van der Waals surface area contributed by atoms with Crippen molar-refractivity contribution in [2.24, 2.45) is 5.73 Å². The lowest BCUT2D eigenvalue weighted by Gasteiger charge is -2.22. The summed E-state index contributed by atoms with van der Waals surface area (Å²) in [5.41, 5.74) is 6.31. The Hall–Kier alpha value is -1.90. The van der Waals surface area contributed by atoms with Crippen molar-refractivity contribution in [1.82, 2.24) is 10.3 Å². The second-order valence-electron chi connectivity index (χ2n) is 4.94. The van der Waals surface area contributed by atoms with Gasteiger partial charge in [-0.1, -0.05) is 11.8 Å². The number of nitrogens with zero attached hydrogens (tertiary/aromatic N) is 1. The van der Waals surface area contributed by atoms with Crippen LogP contribution in [0.4, 0.5) is 0 Å². The van der Waals surface area contributed by atoms with Gasteiger partial charge >= 0.3 is 0 Å². The lowest BCUT2D eigenvalue weighted by molar-refractivity contribution is 0.0117. The normalized spacial score (nSPS) is 17.7. The summed E-state index contributed by atoms with van der Waals surface area (Å²) < 4.78 is 5.64. The number of aromatic nitrogens is 1. The summed E-state index contributed by atoms with van der Waals surface area (Å²) >= 11 is 0. The first-order valence-electron chi connectivity index (χ1n) is 7.35. The molecule has 0 aromatic carbocycles. The molecule has 0 radical (unpaired) electrons. The number of rotatable bonds is 4. The van der Waals surface area contributed by atoms with Crippen LogP contribution in [-0.4, -0.2) is 36.7 Å². The number of hydrogen-bond donors (Lipinski definition) is 2. The van der Waals surface area contributed by atoms with Crippen LogP contribution in [0, 0.1) is 11.8 Å². The molecular weight excluding hydrogens is 266 g/mol. The van der Waals surface area contributed by atoms with Crippen LogP contribution in [0.15, 0.2) is 18.3 Å². The highest BCUT2D eigenvalue weighted by Gasteiger charge is 2.15. The highest BCUT2D eigenvalue weighted by Crippen LogP contribution is 2.15. The molecule has 1 unspecified atom stereocenters. The molecule has 3 N–H and O–H groups in total. The van der Waals surface area contributed by atoms with Crippen LogP contribution in [0.25, 0.3) is 0 Å². The van der Waals surface area contributed by atoms with E-state index in [-0.39, 0.29) is 18.6 Å². The van der Waals surface area contributed by atoms with Crippen LogP contribution in [0.5, 0.6) is 0 Å². The number of ether oxygens (including phenoxy) is 1. The highest BCUT2D eigenvalue weighted by molar-refractivity contribution is 5.94. The average molecular weight is 287 g/mol. The third-order valence-corrected chi connectivity index (χ3v) is 3.37. The van der Waals surface area contributed by atoms with Crippen molar-refractivity contribution in [2.45, 2.75) is 31.8 Å². The number of nitrogens with one attached hydrogen (secondary N) is 1. The number of hydrogen-bond acceptors (Lipinski definition) is 4. The standard InChI is InChI=1S/C16H21N3O2/c17-9-3-5-13-6-4-10-18-15(13)16(20)19-11-8-14-7-1-2-12-21-14/h4,6,10,14H,1-2,7-9,11-12,17H2,(H,19,20). The molecule has 5 nitrogen and oxygen atoms in total. The molecule has 0 bridgehead atoms. The molecule has 1 aliphatic rings. The van der Waals surface area contributed by atoms with Crippen molar-refractivity contribution in [3.05, 3.63) is 29.6 Å². The molecule has 21 heavy (non-hydrogen) atoms. The van der Waals surface area contributed by atoms with Crippen molar-refractivity contribution < 1.29 is 9.53 Å². The van der Waals surface area contributed by atoms with E-state index in [0.717, 1.165) is 25.9 Å². The van der Waals surface area contributed by atoms with Crippen molar-refractivity contribution >= 4 is 5.91 Å². The summed E-state index contributed by atoms with van der Waals surface area (Å²) in [6.45, 7) is 1.68. The van der Waals surface area contributed by atoms with Gasteiger partial charge in [0.2, 0.25) is 0 Å². The number of nitrogens with two attached hydrogens (primary N) is 1. The maximum absolute atomic E-state index is 12.2. The van der Waals surface area contributed by atoms with E-state index in [1.807, 2.05) is 0 Å². The van der Waals surface area contributed by atoms with Crippen molar-refractivity contribution in [3.8, 4) is 11.8 Å². The first-order chi connectivity index (χ1) is 10.3. The predicted octanol–water partition coefficient (Wildman–Crippen LogP) is 1.08. The summed E-state index contributed by atoms with van der Waals surface area (Å²) in [5.74, 6) is 5.41. The van der Waals surface area contributed by atoms with Gasteiger partial charge < -0.3 is 15.8 Å². The Kier molecular flexibility index (Phi) is 6.20. The molecule has 0 spiro atoms.